The molecule has 0 saturated carbocycles. The number of aromatic nitrogens is 2. The molecule has 2 aromatic heterocycles. The summed E-state index contributed by atoms with van der Waals surface area (Å²) >= 11 is 1.56. The molecule has 0 saturated heterocycles. The topological polar surface area (TPSA) is 47.4 Å². The summed E-state index contributed by atoms with van der Waals surface area (Å²) in [6.07, 6.45) is 0.863. The molecule has 0 aliphatic carbocycles. The van der Waals surface area contributed by atoms with Gasteiger partial charge in [0.05, 0.1) is 5.69 Å². The maximum Gasteiger partial charge on any atom is 0.272 e. The Bertz CT molecular complexity index is 2120. The minimum atomic E-state index is -1.98. The molecule has 0 atom stereocenters. The van der Waals surface area contributed by atoms with Gasteiger partial charge in [-0.05, 0) is 110 Å². The zero-order chi connectivity index (χ0) is 35.0. The zero-order valence-electron chi connectivity index (χ0n) is 28.9. The van der Waals surface area contributed by atoms with Crippen LogP contribution in [0.1, 0.15) is 13.8 Å². The first-order chi connectivity index (χ1) is 25.1. The molecule has 7 heteroatoms. The van der Waals surface area contributed by atoms with Crippen LogP contribution >= 0.6 is 18.6 Å². The van der Waals surface area contributed by atoms with Crippen molar-refractivity contribution < 1.29 is 4.74 Å². The van der Waals surface area contributed by atoms with Crippen molar-refractivity contribution in [3.05, 3.63) is 174 Å². The smallest absolute Gasteiger partial charge is 0.272 e. The summed E-state index contributed by atoms with van der Waals surface area (Å²) in [6.45, 7) is 6.84. The maximum absolute atomic E-state index is 13.0. The van der Waals surface area contributed by atoms with Crippen LogP contribution in [0.3, 0.4) is 0 Å². The highest BCUT2D eigenvalue weighted by atomic mass is 32.1. The van der Waals surface area contributed by atoms with E-state index in [9.17, 15) is 4.79 Å². The van der Waals surface area contributed by atoms with E-state index in [1.54, 1.807) is 23.5 Å². The normalized spacial score (nSPS) is 11.3. The van der Waals surface area contributed by atoms with Crippen LogP contribution in [-0.2, 0) is 0 Å². The first kappa shape index (κ1) is 34.2. The average Bonchev–Trinajstić information content (AvgIpc) is 3.69. The van der Waals surface area contributed by atoms with Gasteiger partial charge in [0.2, 0.25) is 0 Å². The van der Waals surface area contributed by atoms with Crippen LogP contribution in [-0.4, -0.2) is 35.6 Å². The summed E-state index contributed by atoms with van der Waals surface area (Å²) < 4.78 is 7.96. The number of benzene rings is 5. The van der Waals surface area contributed by atoms with Gasteiger partial charge in [-0.3, -0.25) is 4.79 Å². The van der Waals surface area contributed by atoms with E-state index in [0.717, 1.165) is 51.7 Å². The quantitative estimate of drug-likeness (QED) is 0.113. The number of nitrogens with zero attached hydrogens (tertiary/aromatic N) is 3. The van der Waals surface area contributed by atoms with E-state index in [-0.39, 0.29) is 5.56 Å². The number of hydrogen-bond donors (Lipinski definition) is 0. The Balaban J connectivity index is 1.09. The second-order valence-electron chi connectivity index (χ2n) is 12.2. The molecule has 0 aliphatic heterocycles. The second-order valence-corrected chi connectivity index (χ2v) is 16.9. The number of thiophene rings is 1. The van der Waals surface area contributed by atoms with Gasteiger partial charge in [0.25, 0.3) is 5.56 Å². The Kier molecular flexibility index (Phi) is 10.5. The van der Waals surface area contributed by atoms with Crippen molar-refractivity contribution in [2.24, 2.45) is 0 Å². The van der Waals surface area contributed by atoms with Gasteiger partial charge in [0.15, 0.2) is 0 Å². The minimum Gasteiger partial charge on any atom is -0.490 e. The standard InChI is InChI=1S/C44H41N3O2PS/c1-3-46(4-2)36-24-20-35(21-25-36)42-29-31-44(51-42)47-43(48)30-28-41(45-47)34-22-26-37(27-23-34)49-32-33-50(38-14-8-5-9-15-38,39-16-10-6-11-17-39)40-18-12-7-13-19-40/h5-31H,3-4,32-33H2,1-2H3/q+1. The monoisotopic (exact) mass is 706 g/mol. The van der Waals surface area contributed by atoms with Crippen molar-refractivity contribution >= 4 is 40.2 Å². The molecule has 7 rings (SSSR count). The van der Waals surface area contributed by atoms with Gasteiger partial charge >= 0.3 is 0 Å². The molecule has 2 heterocycles. The lowest BCUT2D eigenvalue weighted by Crippen LogP contribution is -2.35. The molecule has 0 fully saturated rings. The van der Waals surface area contributed by atoms with E-state index in [1.165, 1.54) is 26.3 Å². The fourth-order valence-corrected chi connectivity index (χ4v) is 11.7. The van der Waals surface area contributed by atoms with Crippen LogP contribution in [0.5, 0.6) is 5.75 Å². The molecule has 0 aliphatic rings. The Morgan fingerprint density at radius 3 is 1.73 bits per heavy atom. The lowest BCUT2D eigenvalue weighted by molar-refractivity contribution is 0.343. The summed E-state index contributed by atoms with van der Waals surface area (Å²) in [5, 5.41) is 9.58. The fourth-order valence-electron chi connectivity index (χ4n) is 6.65. The van der Waals surface area contributed by atoms with Crippen LogP contribution in [0.4, 0.5) is 5.69 Å². The highest BCUT2D eigenvalue weighted by molar-refractivity contribution is 7.95. The van der Waals surface area contributed by atoms with E-state index >= 15 is 0 Å². The van der Waals surface area contributed by atoms with E-state index in [0.29, 0.717) is 6.61 Å². The van der Waals surface area contributed by atoms with Crippen LogP contribution in [0.25, 0.3) is 26.7 Å². The first-order valence-electron chi connectivity index (χ1n) is 17.4. The molecule has 5 nitrogen and oxygen atoms in total. The molecule has 0 amide bonds. The van der Waals surface area contributed by atoms with Gasteiger partial charge in [-0.15, -0.1) is 11.3 Å². The summed E-state index contributed by atoms with van der Waals surface area (Å²) in [7, 11) is -1.98. The average molecular weight is 707 g/mol. The third kappa shape index (κ3) is 7.30. The molecule has 254 valence electrons. The summed E-state index contributed by atoms with van der Waals surface area (Å²) in [4.78, 5) is 16.4. The first-order valence-corrected chi connectivity index (χ1v) is 20.2. The summed E-state index contributed by atoms with van der Waals surface area (Å²) in [5.41, 5.74) is 3.81. The highest BCUT2D eigenvalue weighted by Gasteiger charge is 2.45. The van der Waals surface area contributed by atoms with Crippen molar-refractivity contribution in [3.8, 4) is 32.4 Å². The Morgan fingerprint density at radius 2 is 1.18 bits per heavy atom. The maximum atomic E-state index is 13.0. The van der Waals surface area contributed by atoms with E-state index in [1.807, 2.05) is 30.3 Å². The molecule has 0 radical (unpaired) electrons. The van der Waals surface area contributed by atoms with Crippen molar-refractivity contribution in [2.45, 2.75) is 13.8 Å². The number of rotatable bonds is 13. The van der Waals surface area contributed by atoms with Crippen molar-refractivity contribution in [2.75, 3.05) is 30.8 Å². The van der Waals surface area contributed by atoms with Gasteiger partial charge in [0.1, 0.15) is 46.7 Å². The largest absolute Gasteiger partial charge is 0.490 e. The Labute approximate surface area is 304 Å². The highest BCUT2D eigenvalue weighted by Crippen LogP contribution is 2.55. The van der Waals surface area contributed by atoms with Gasteiger partial charge in [-0.2, -0.15) is 9.78 Å². The molecular formula is C44H41N3O2PS+. The number of anilines is 1. The molecule has 7 aromatic rings. The van der Waals surface area contributed by atoms with Crippen LogP contribution < -0.4 is 31.1 Å². The molecule has 5 aromatic carbocycles. The zero-order valence-corrected chi connectivity index (χ0v) is 30.6. The fraction of sp³-hybridized carbons (Fsp3) is 0.136. The second kappa shape index (κ2) is 15.7. The van der Waals surface area contributed by atoms with Gasteiger partial charge in [0, 0.05) is 35.3 Å². The molecule has 0 unspecified atom stereocenters. The predicted molar refractivity (Wildman–Crippen MR) is 218 cm³/mol. The van der Waals surface area contributed by atoms with Gasteiger partial charge in [-0.25, -0.2) is 0 Å². The van der Waals surface area contributed by atoms with Crippen LogP contribution in [0, 0.1) is 0 Å². The minimum absolute atomic E-state index is 0.161. The Morgan fingerprint density at radius 1 is 0.627 bits per heavy atom. The van der Waals surface area contributed by atoms with E-state index in [2.05, 4.69) is 140 Å². The number of hydrogen-bond acceptors (Lipinski definition) is 5. The Hall–Kier alpha value is -5.29. The summed E-state index contributed by atoms with van der Waals surface area (Å²) in [5.74, 6) is 0.800. The lowest BCUT2D eigenvalue weighted by atomic mass is 10.1. The van der Waals surface area contributed by atoms with Crippen molar-refractivity contribution in [1.29, 1.82) is 0 Å². The van der Waals surface area contributed by atoms with Gasteiger partial charge in [-0.1, -0.05) is 66.7 Å². The molecular weight excluding hydrogens is 666 g/mol. The van der Waals surface area contributed by atoms with Gasteiger partial charge < -0.3 is 9.64 Å². The van der Waals surface area contributed by atoms with Crippen LogP contribution in [0.2, 0.25) is 0 Å². The third-order valence-electron chi connectivity index (χ3n) is 9.32. The van der Waals surface area contributed by atoms with Crippen LogP contribution in [0.15, 0.2) is 169 Å². The molecule has 0 spiro atoms. The number of ether oxygens (including phenoxy) is 1. The predicted octanol–water partition coefficient (Wildman–Crippen LogP) is 8.85. The molecule has 51 heavy (non-hydrogen) atoms. The summed E-state index contributed by atoms with van der Waals surface area (Å²) in [6, 6.07) is 56.6. The third-order valence-corrected chi connectivity index (χ3v) is 14.8. The lowest BCUT2D eigenvalue weighted by Gasteiger charge is -2.27. The SMILES string of the molecule is CCN(CC)c1ccc(-c2ccc(-n3nc(-c4ccc(OCC[P+](c5ccccc5)(c5ccccc5)c5ccccc5)cc4)ccc3=O)s2)cc1. The van der Waals surface area contributed by atoms with E-state index < -0.39 is 7.26 Å². The molecule has 0 N–H and O–H groups in total. The van der Waals surface area contributed by atoms with Crippen molar-refractivity contribution in [3.63, 3.8) is 0 Å². The molecule has 0 bridgehead atoms. The van der Waals surface area contributed by atoms with Crippen molar-refractivity contribution in [1.82, 2.24) is 9.78 Å². The van der Waals surface area contributed by atoms with E-state index in [4.69, 9.17) is 9.84 Å².